The molecule has 0 saturated carbocycles. The number of thiocarbonyl (C=S) groups is 1. The number of piperazine rings is 1. The molecule has 116 valence electrons. The van der Waals surface area contributed by atoms with Crippen LogP contribution in [-0.4, -0.2) is 72.3 Å². The molecule has 1 saturated heterocycles. The predicted octanol–water partition coefficient (Wildman–Crippen LogP) is -0.372. The molecule has 1 heterocycles. The molecule has 1 amide bonds. The van der Waals surface area contributed by atoms with Crippen LogP contribution in [0.25, 0.3) is 0 Å². The summed E-state index contributed by atoms with van der Waals surface area (Å²) in [5.74, 6) is -0.333. The first kappa shape index (κ1) is 17.3. The molecular weight excluding hydrogens is 298 g/mol. The lowest BCUT2D eigenvalue weighted by Crippen LogP contribution is -2.60. The largest absolute Gasteiger partial charge is 0.392 e. The van der Waals surface area contributed by atoms with Gasteiger partial charge in [-0.1, -0.05) is 12.2 Å². The Bertz CT molecular complexity index is 494. The third-order valence-electron chi connectivity index (χ3n) is 3.97. The van der Waals surface area contributed by atoms with E-state index in [9.17, 15) is 13.2 Å². The number of rotatable bonds is 4. The van der Waals surface area contributed by atoms with E-state index in [4.69, 9.17) is 18.0 Å². The Labute approximate surface area is 126 Å². The molecule has 1 unspecified atom stereocenters. The van der Waals surface area contributed by atoms with E-state index in [1.165, 1.54) is 6.92 Å². The van der Waals surface area contributed by atoms with Crippen molar-refractivity contribution >= 4 is 33.0 Å². The number of carbonyl (C=O) groups is 1. The second kappa shape index (κ2) is 5.95. The maximum absolute atomic E-state index is 12.1. The van der Waals surface area contributed by atoms with Crippen molar-refractivity contribution in [3.63, 3.8) is 0 Å². The van der Waals surface area contributed by atoms with Gasteiger partial charge in [0, 0.05) is 32.4 Å². The lowest BCUT2D eigenvalue weighted by molar-refractivity contribution is -0.132. The van der Waals surface area contributed by atoms with Gasteiger partial charge in [-0.3, -0.25) is 9.69 Å². The lowest BCUT2D eigenvalue weighted by Gasteiger charge is -2.43. The fraction of sp³-hybridized carbons (Fsp3) is 0.833. The summed E-state index contributed by atoms with van der Waals surface area (Å²) in [5.41, 5.74) is 5.33. The minimum atomic E-state index is -3.35. The summed E-state index contributed by atoms with van der Waals surface area (Å²) < 4.78 is 22.9. The summed E-state index contributed by atoms with van der Waals surface area (Å²) in [6.45, 7) is 7.58. The summed E-state index contributed by atoms with van der Waals surface area (Å²) in [5, 5.41) is -0.988. The molecule has 1 aliphatic heterocycles. The van der Waals surface area contributed by atoms with Crippen molar-refractivity contribution < 1.29 is 13.2 Å². The average Bonchev–Trinajstić information content (AvgIpc) is 2.35. The van der Waals surface area contributed by atoms with Crippen LogP contribution in [0.15, 0.2) is 0 Å². The molecule has 1 fully saturated rings. The lowest BCUT2D eigenvalue weighted by atomic mass is 10.0. The zero-order valence-corrected chi connectivity index (χ0v) is 14.1. The molecular formula is C12H23N3O3S2. The quantitative estimate of drug-likeness (QED) is 0.711. The van der Waals surface area contributed by atoms with Crippen LogP contribution in [0.4, 0.5) is 0 Å². The van der Waals surface area contributed by atoms with Crippen LogP contribution in [0.1, 0.15) is 20.8 Å². The van der Waals surface area contributed by atoms with Crippen molar-refractivity contribution in [2.45, 2.75) is 31.6 Å². The van der Waals surface area contributed by atoms with Gasteiger partial charge in [0.2, 0.25) is 5.91 Å². The van der Waals surface area contributed by atoms with E-state index in [0.717, 1.165) is 6.26 Å². The highest BCUT2D eigenvalue weighted by molar-refractivity contribution is 7.92. The highest BCUT2D eigenvalue weighted by atomic mass is 32.2. The van der Waals surface area contributed by atoms with Crippen molar-refractivity contribution in [1.29, 1.82) is 0 Å². The highest BCUT2D eigenvalue weighted by Crippen LogP contribution is 2.18. The maximum atomic E-state index is 12.1. The Hall–Kier alpha value is -0.730. The zero-order valence-electron chi connectivity index (χ0n) is 12.4. The Morgan fingerprint density at radius 1 is 1.25 bits per heavy atom. The number of nitrogens with zero attached hydrogens (tertiary/aromatic N) is 2. The molecule has 20 heavy (non-hydrogen) atoms. The van der Waals surface area contributed by atoms with Crippen molar-refractivity contribution in [2.75, 3.05) is 32.4 Å². The minimum absolute atomic E-state index is 0.333. The van der Waals surface area contributed by atoms with Gasteiger partial charge in [-0.2, -0.15) is 0 Å². The molecule has 1 atom stereocenters. The van der Waals surface area contributed by atoms with Crippen molar-refractivity contribution in [3.05, 3.63) is 0 Å². The fourth-order valence-electron chi connectivity index (χ4n) is 2.08. The Balaban J connectivity index is 2.68. The first-order chi connectivity index (χ1) is 8.98. The van der Waals surface area contributed by atoms with Crippen LogP contribution in [0.3, 0.4) is 0 Å². The predicted molar refractivity (Wildman–Crippen MR) is 83.3 cm³/mol. The smallest absolute Gasteiger partial charge is 0.240 e. The van der Waals surface area contributed by atoms with Crippen LogP contribution >= 0.6 is 12.2 Å². The zero-order chi connectivity index (χ0) is 15.7. The fourth-order valence-corrected chi connectivity index (χ4v) is 2.73. The number of carbonyl (C=O) groups excluding carboxylic acids is 1. The minimum Gasteiger partial charge on any atom is -0.392 e. The first-order valence-electron chi connectivity index (χ1n) is 6.50. The van der Waals surface area contributed by atoms with E-state index >= 15 is 0 Å². The Morgan fingerprint density at radius 3 is 2.05 bits per heavy atom. The number of nitrogens with two attached hydrogens (primary N) is 1. The Morgan fingerprint density at radius 2 is 1.70 bits per heavy atom. The van der Waals surface area contributed by atoms with Crippen molar-refractivity contribution in [3.8, 4) is 0 Å². The summed E-state index contributed by atoms with van der Waals surface area (Å²) in [4.78, 5) is 16.2. The standard InChI is InChI=1S/C12H23N3O3S2/c1-9(20(4,17)18)10(16)14-5-7-15(8-6-14)12(2,3)11(13)19/h9H,5-8H2,1-4H3,(H2,13,19). The molecule has 1 rings (SSSR count). The second-order valence-corrected chi connectivity index (χ2v) is 8.51. The molecule has 0 aromatic carbocycles. The second-order valence-electron chi connectivity index (χ2n) is 5.71. The number of amides is 1. The number of hydrogen-bond acceptors (Lipinski definition) is 5. The molecule has 0 bridgehead atoms. The van der Waals surface area contributed by atoms with E-state index < -0.39 is 20.6 Å². The van der Waals surface area contributed by atoms with Gasteiger partial charge in [0.25, 0.3) is 0 Å². The third-order valence-corrected chi connectivity index (χ3v) is 5.96. The topological polar surface area (TPSA) is 83.7 Å². The van der Waals surface area contributed by atoms with Gasteiger partial charge >= 0.3 is 0 Å². The highest BCUT2D eigenvalue weighted by Gasteiger charge is 2.35. The van der Waals surface area contributed by atoms with Gasteiger partial charge in [-0.25, -0.2) is 8.42 Å². The molecule has 6 nitrogen and oxygen atoms in total. The average molecular weight is 321 g/mol. The first-order valence-corrected chi connectivity index (χ1v) is 8.87. The van der Waals surface area contributed by atoms with Crippen LogP contribution < -0.4 is 5.73 Å². The molecule has 0 radical (unpaired) electrons. The monoisotopic (exact) mass is 321 g/mol. The normalized spacial score (nSPS) is 19.7. The molecule has 0 aromatic heterocycles. The summed E-state index contributed by atoms with van der Waals surface area (Å²) in [6, 6.07) is 0. The van der Waals surface area contributed by atoms with Crippen LogP contribution in [0.5, 0.6) is 0 Å². The summed E-state index contributed by atoms with van der Waals surface area (Å²) in [6.07, 6.45) is 1.09. The molecule has 0 spiro atoms. The molecule has 0 aliphatic carbocycles. The van der Waals surface area contributed by atoms with Crippen molar-refractivity contribution in [1.82, 2.24) is 9.80 Å². The summed E-state index contributed by atoms with van der Waals surface area (Å²) in [7, 11) is -3.35. The van der Waals surface area contributed by atoms with Gasteiger partial charge in [0.1, 0.15) is 5.25 Å². The molecule has 1 aliphatic rings. The van der Waals surface area contributed by atoms with Gasteiger partial charge < -0.3 is 10.6 Å². The third kappa shape index (κ3) is 3.67. The van der Waals surface area contributed by atoms with Crippen LogP contribution in [-0.2, 0) is 14.6 Å². The molecule has 2 N–H and O–H groups in total. The van der Waals surface area contributed by atoms with Gasteiger partial charge in [0.15, 0.2) is 9.84 Å². The Kier molecular flexibility index (Phi) is 5.15. The van der Waals surface area contributed by atoms with E-state index in [1.54, 1.807) is 4.90 Å². The van der Waals surface area contributed by atoms with E-state index in [1.807, 2.05) is 13.8 Å². The van der Waals surface area contributed by atoms with Gasteiger partial charge in [-0.15, -0.1) is 0 Å². The summed E-state index contributed by atoms with van der Waals surface area (Å²) >= 11 is 5.06. The van der Waals surface area contributed by atoms with E-state index in [-0.39, 0.29) is 5.91 Å². The molecule has 0 aromatic rings. The van der Waals surface area contributed by atoms with Gasteiger partial charge in [0.05, 0.1) is 10.5 Å². The number of hydrogen-bond donors (Lipinski definition) is 1. The number of sulfone groups is 1. The van der Waals surface area contributed by atoms with Crippen molar-refractivity contribution in [2.24, 2.45) is 5.73 Å². The van der Waals surface area contributed by atoms with E-state index in [0.29, 0.717) is 31.2 Å². The maximum Gasteiger partial charge on any atom is 0.240 e. The molecule has 8 heteroatoms. The van der Waals surface area contributed by atoms with Crippen LogP contribution in [0, 0.1) is 0 Å². The van der Waals surface area contributed by atoms with E-state index in [2.05, 4.69) is 4.90 Å². The van der Waals surface area contributed by atoms with Crippen LogP contribution in [0.2, 0.25) is 0 Å². The van der Waals surface area contributed by atoms with Gasteiger partial charge in [-0.05, 0) is 20.8 Å². The SMILES string of the molecule is CC(C(=O)N1CCN(C(C)(C)C(N)=S)CC1)S(C)(=O)=O.